The molecule has 0 spiro atoms. The minimum absolute atomic E-state index is 0.0392. The number of carbonyl (C=O) groups excluding carboxylic acids is 2. The van der Waals surface area contributed by atoms with Crippen LogP contribution in [-0.2, 0) is 9.53 Å². The minimum Gasteiger partial charge on any atom is -0.495 e. The Labute approximate surface area is 140 Å². The third-order valence-electron chi connectivity index (χ3n) is 3.24. The molecule has 0 unspecified atom stereocenters. The van der Waals surface area contributed by atoms with Gasteiger partial charge in [-0.25, -0.2) is 4.79 Å². The van der Waals surface area contributed by atoms with Gasteiger partial charge in [0.25, 0.3) is 0 Å². The molecule has 0 aliphatic rings. The summed E-state index contributed by atoms with van der Waals surface area (Å²) in [5.41, 5.74) is 1.46. The van der Waals surface area contributed by atoms with E-state index in [4.69, 9.17) is 9.47 Å². The maximum absolute atomic E-state index is 12.2. The van der Waals surface area contributed by atoms with Gasteiger partial charge in [-0.1, -0.05) is 24.3 Å². The Balaban J connectivity index is 2.01. The van der Waals surface area contributed by atoms with E-state index in [1.807, 2.05) is 18.2 Å². The molecule has 2 N–H and O–H groups in total. The SMILES string of the molecule is CCOC(=O)c1ccccc1NC(=O)CNc1ccccc1OC. The molecule has 2 rings (SSSR count). The zero-order valence-corrected chi connectivity index (χ0v) is 13.7. The Morgan fingerprint density at radius 1 is 1.00 bits per heavy atom. The smallest absolute Gasteiger partial charge is 0.340 e. The molecule has 2 aromatic carbocycles. The lowest BCUT2D eigenvalue weighted by Crippen LogP contribution is -2.23. The Kier molecular flexibility index (Phi) is 6.19. The number of carbonyl (C=O) groups is 2. The van der Waals surface area contributed by atoms with Crippen molar-refractivity contribution in [2.75, 3.05) is 30.9 Å². The number of amides is 1. The fourth-order valence-electron chi connectivity index (χ4n) is 2.14. The molecule has 0 radical (unpaired) electrons. The van der Waals surface area contributed by atoms with Gasteiger partial charge in [0.1, 0.15) is 5.75 Å². The van der Waals surface area contributed by atoms with Crippen LogP contribution in [0.5, 0.6) is 5.75 Å². The number of hydrogen-bond acceptors (Lipinski definition) is 5. The van der Waals surface area contributed by atoms with Crippen LogP contribution in [0.4, 0.5) is 11.4 Å². The average Bonchev–Trinajstić information content (AvgIpc) is 2.61. The van der Waals surface area contributed by atoms with Gasteiger partial charge in [0.15, 0.2) is 0 Å². The second-order valence-electron chi connectivity index (χ2n) is 4.87. The van der Waals surface area contributed by atoms with E-state index in [-0.39, 0.29) is 19.1 Å². The van der Waals surface area contributed by atoms with Crippen molar-refractivity contribution in [3.8, 4) is 5.75 Å². The number of esters is 1. The van der Waals surface area contributed by atoms with Crippen molar-refractivity contribution in [3.05, 3.63) is 54.1 Å². The average molecular weight is 328 g/mol. The van der Waals surface area contributed by atoms with Crippen molar-refractivity contribution < 1.29 is 19.1 Å². The maximum atomic E-state index is 12.2. The van der Waals surface area contributed by atoms with Gasteiger partial charge in [0, 0.05) is 0 Å². The molecule has 0 aliphatic heterocycles. The van der Waals surface area contributed by atoms with Gasteiger partial charge < -0.3 is 20.1 Å². The number of rotatable bonds is 7. The second-order valence-corrected chi connectivity index (χ2v) is 4.87. The van der Waals surface area contributed by atoms with Crippen LogP contribution in [0.1, 0.15) is 17.3 Å². The van der Waals surface area contributed by atoms with E-state index in [9.17, 15) is 9.59 Å². The van der Waals surface area contributed by atoms with Crippen molar-refractivity contribution in [2.45, 2.75) is 6.92 Å². The van der Waals surface area contributed by atoms with Gasteiger partial charge in [-0.15, -0.1) is 0 Å². The lowest BCUT2D eigenvalue weighted by atomic mass is 10.2. The molecular weight excluding hydrogens is 308 g/mol. The predicted octanol–water partition coefficient (Wildman–Crippen LogP) is 2.92. The molecule has 126 valence electrons. The summed E-state index contributed by atoms with van der Waals surface area (Å²) in [6, 6.07) is 14.0. The Bertz CT molecular complexity index is 716. The maximum Gasteiger partial charge on any atom is 0.340 e. The van der Waals surface area contributed by atoms with Crippen molar-refractivity contribution in [1.29, 1.82) is 0 Å². The first-order valence-corrected chi connectivity index (χ1v) is 7.58. The molecule has 0 bridgehead atoms. The summed E-state index contributed by atoms with van der Waals surface area (Å²) in [6.07, 6.45) is 0. The van der Waals surface area contributed by atoms with Gasteiger partial charge in [0.05, 0.1) is 37.2 Å². The Morgan fingerprint density at radius 2 is 1.67 bits per heavy atom. The minimum atomic E-state index is -0.467. The summed E-state index contributed by atoms with van der Waals surface area (Å²) in [4.78, 5) is 24.1. The van der Waals surface area contributed by atoms with Crippen molar-refractivity contribution in [2.24, 2.45) is 0 Å². The third-order valence-corrected chi connectivity index (χ3v) is 3.24. The highest BCUT2D eigenvalue weighted by molar-refractivity contribution is 6.02. The van der Waals surface area contributed by atoms with Crippen LogP contribution in [0.3, 0.4) is 0 Å². The second kappa shape index (κ2) is 8.57. The van der Waals surface area contributed by atoms with Gasteiger partial charge in [-0.05, 0) is 31.2 Å². The lowest BCUT2D eigenvalue weighted by molar-refractivity contribution is -0.114. The van der Waals surface area contributed by atoms with Gasteiger partial charge in [0.2, 0.25) is 5.91 Å². The van der Waals surface area contributed by atoms with E-state index in [0.29, 0.717) is 22.7 Å². The summed E-state index contributed by atoms with van der Waals surface area (Å²) in [5.74, 6) is -0.0963. The topological polar surface area (TPSA) is 76.7 Å². The van der Waals surface area contributed by atoms with Gasteiger partial charge >= 0.3 is 5.97 Å². The number of hydrogen-bond donors (Lipinski definition) is 2. The van der Waals surface area contributed by atoms with Crippen LogP contribution in [-0.4, -0.2) is 32.1 Å². The zero-order chi connectivity index (χ0) is 17.4. The predicted molar refractivity (Wildman–Crippen MR) is 92.5 cm³/mol. The first kappa shape index (κ1) is 17.3. The van der Waals surface area contributed by atoms with Crippen LogP contribution in [0.2, 0.25) is 0 Å². The summed E-state index contributed by atoms with van der Waals surface area (Å²) < 4.78 is 10.2. The third kappa shape index (κ3) is 4.49. The van der Waals surface area contributed by atoms with Gasteiger partial charge in [-0.3, -0.25) is 4.79 Å². The lowest BCUT2D eigenvalue weighted by Gasteiger charge is -2.12. The highest BCUT2D eigenvalue weighted by atomic mass is 16.5. The number of anilines is 2. The molecule has 0 aliphatic carbocycles. The monoisotopic (exact) mass is 328 g/mol. The molecule has 2 aromatic rings. The van der Waals surface area contributed by atoms with Crippen molar-refractivity contribution in [3.63, 3.8) is 0 Å². The van der Waals surface area contributed by atoms with Crippen LogP contribution in [0.15, 0.2) is 48.5 Å². The first-order valence-electron chi connectivity index (χ1n) is 7.58. The number of nitrogens with one attached hydrogen (secondary N) is 2. The summed E-state index contributed by atoms with van der Waals surface area (Å²) >= 11 is 0. The number of benzene rings is 2. The summed E-state index contributed by atoms with van der Waals surface area (Å²) in [6.45, 7) is 2.05. The van der Waals surface area contributed by atoms with E-state index in [0.717, 1.165) is 0 Å². The molecule has 0 saturated heterocycles. The zero-order valence-electron chi connectivity index (χ0n) is 13.7. The molecule has 6 heteroatoms. The number of ether oxygens (including phenoxy) is 2. The first-order chi connectivity index (χ1) is 11.7. The molecule has 0 saturated carbocycles. The fourth-order valence-corrected chi connectivity index (χ4v) is 2.14. The van der Waals surface area contributed by atoms with E-state index >= 15 is 0 Å². The largest absolute Gasteiger partial charge is 0.495 e. The van der Waals surface area contributed by atoms with E-state index in [1.165, 1.54) is 0 Å². The van der Waals surface area contributed by atoms with Crippen LogP contribution >= 0.6 is 0 Å². The summed E-state index contributed by atoms with van der Waals surface area (Å²) in [7, 11) is 1.57. The van der Waals surface area contributed by atoms with Crippen LogP contribution in [0, 0.1) is 0 Å². The van der Waals surface area contributed by atoms with E-state index in [1.54, 1.807) is 44.4 Å². The molecule has 24 heavy (non-hydrogen) atoms. The Hall–Kier alpha value is -3.02. The van der Waals surface area contributed by atoms with E-state index in [2.05, 4.69) is 10.6 Å². The van der Waals surface area contributed by atoms with Crippen LogP contribution < -0.4 is 15.4 Å². The standard InChI is InChI=1S/C18H20N2O4/c1-3-24-18(22)13-8-4-5-9-14(13)20-17(21)12-19-15-10-6-7-11-16(15)23-2/h4-11,19H,3,12H2,1-2H3,(H,20,21). The van der Waals surface area contributed by atoms with Crippen molar-refractivity contribution >= 4 is 23.3 Å². The van der Waals surface area contributed by atoms with Crippen molar-refractivity contribution in [1.82, 2.24) is 0 Å². The van der Waals surface area contributed by atoms with Crippen LogP contribution in [0.25, 0.3) is 0 Å². The molecule has 0 heterocycles. The molecule has 0 fully saturated rings. The molecule has 6 nitrogen and oxygen atoms in total. The Morgan fingerprint density at radius 3 is 2.38 bits per heavy atom. The molecule has 1 amide bonds. The highest BCUT2D eigenvalue weighted by Crippen LogP contribution is 2.22. The highest BCUT2D eigenvalue weighted by Gasteiger charge is 2.14. The molecule has 0 aromatic heterocycles. The van der Waals surface area contributed by atoms with Gasteiger partial charge in [-0.2, -0.15) is 0 Å². The molecule has 0 atom stereocenters. The quantitative estimate of drug-likeness (QED) is 0.764. The fraction of sp³-hybridized carbons (Fsp3) is 0.222. The number of para-hydroxylation sites is 3. The summed E-state index contributed by atoms with van der Waals surface area (Å²) in [5, 5.41) is 5.72. The number of methoxy groups -OCH3 is 1. The van der Waals surface area contributed by atoms with E-state index < -0.39 is 5.97 Å². The normalized spacial score (nSPS) is 9.92. The molecular formula is C18H20N2O4.